The average molecular weight is 232 g/mol. The first-order valence-corrected chi connectivity index (χ1v) is 5.89. The molecule has 1 rings (SSSR count). The maximum Gasteiger partial charge on any atom is 0.316 e. The van der Waals surface area contributed by atoms with Crippen molar-refractivity contribution in [3.63, 3.8) is 0 Å². The molecule has 78 valence electrons. The van der Waals surface area contributed by atoms with E-state index in [0.29, 0.717) is 5.92 Å². The van der Waals surface area contributed by atoms with Crippen molar-refractivity contribution in [1.82, 2.24) is 9.36 Å². The highest BCUT2D eigenvalue weighted by Gasteiger charge is 2.16. The van der Waals surface area contributed by atoms with Crippen molar-refractivity contribution in [1.29, 1.82) is 0 Å². The second kappa shape index (κ2) is 4.75. The predicted molar refractivity (Wildman–Crippen MR) is 57.0 cm³/mol. The van der Waals surface area contributed by atoms with E-state index in [1.54, 1.807) is 6.92 Å². The number of rotatable bonds is 4. The normalized spacial score (nSPS) is 13.1. The molecule has 1 atom stereocenters. The molecule has 0 aliphatic heterocycles. The van der Waals surface area contributed by atoms with Crippen molar-refractivity contribution in [2.45, 2.75) is 36.3 Å². The topological polar surface area (TPSA) is 63.1 Å². The lowest BCUT2D eigenvalue weighted by Crippen LogP contribution is -2.10. The van der Waals surface area contributed by atoms with Crippen LogP contribution in [0, 0.1) is 0 Å². The van der Waals surface area contributed by atoms with Gasteiger partial charge in [0.25, 0.3) is 0 Å². The smallest absolute Gasteiger partial charge is 0.316 e. The lowest BCUT2D eigenvalue weighted by Gasteiger charge is -2.00. The third-order valence-electron chi connectivity index (χ3n) is 1.56. The van der Waals surface area contributed by atoms with Crippen molar-refractivity contribution >= 4 is 29.3 Å². The maximum atomic E-state index is 10.6. The number of carboxylic acids is 1. The lowest BCUT2D eigenvalue weighted by molar-refractivity contribution is -0.136. The van der Waals surface area contributed by atoms with Crippen LogP contribution in [0.3, 0.4) is 0 Å². The van der Waals surface area contributed by atoms with Crippen LogP contribution in [0.2, 0.25) is 0 Å². The van der Waals surface area contributed by atoms with E-state index in [9.17, 15) is 4.79 Å². The third-order valence-corrected chi connectivity index (χ3v) is 3.45. The van der Waals surface area contributed by atoms with Gasteiger partial charge in [0.2, 0.25) is 0 Å². The summed E-state index contributed by atoms with van der Waals surface area (Å²) >= 11 is 2.50. The Hall–Kier alpha value is -0.620. The van der Waals surface area contributed by atoms with Crippen LogP contribution in [0.5, 0.6) is 0 Å². The van der Waals surface area contributed by atoms with Gasteiger partial charge in [-0.25, -0.2) is 4.98 Å². The van der Waals surface area contributed by atoms with Gasteiger partial charge in [-0.2, -0.15) is 4.37 Å². The van der Waals surface area contributed by atoms with Crippen molar-refractivity contribution in [2.24, 2.45) is 0 Å². The van der Waals surface area contributed by atoms with Gasteiger partial charge in [0.15, 0.2) is 4.34 Å². The van der Waals surface area contributed by atoms with E-state index in [1.165, 1.54) is 23.3 Å². The van der Waals surface area contributed by atoms with Gasteiger partial charge in [-0.3, -0.25) is 4.79 Å². The third kappa shape index (κ3) is 2.95. The number of aromatic nitrogens is 2. The van der Waals surface area contributed by atoms with Crippen LogP contribution in [0.4, 0.5) is 0 Å². The van der Waals surface area contributed by atoms with Crippen LogP contribution < -0.4 is 0 Å². The first kappa shape index (κ1) is 11.5. The van der Waals surface area contributed by atoms with Gasteiger partial charge in [-0.1, -0.05) is 25.6 Å². The summed E-state index contributed by atoms with van der Waals surface area (Å²) in [5, 5.41) is 8.23. The molecule has 0 aliphatic carbocycles. The van der Waals surface area contributed by atoms with Crippen LogP contribution in [-0.2, 0) is 4.79 Å². The molecule has 1 aromatic rings. The average Bonchev–Trinajstić information content (AvgIpc) is 2.52. The molecule has 14 heavy (non-hydrogen) atoms. The van der Waals surface area contributed by atoms with E-state index in [4.69, 9.17) is 5.11 Å². The monoisotopic (exact) mass is 232 g/mol. The molecule has 0 amide bonds. The maximum absolute atomic E-state index is 10.6. The first-order valence-electron chi connectivity index (χ1n) is 4.23. The van der Waals surface area contributed by atoms with Gasteiger partial charge >= 0.3 is 5.97 Å². The van der Waals surface area contributed by atoms with Gasteiger partial charge in [-0.15, -0.1) is 0 Å². The first-order chi connectivity index (χ1) is 6.50. The molecule has 0 aromatic carbocycles. The Labute approximate surface area is 90.9 Å². The van der Waals surface area contributed by atoms with E-state index < -0.39 is 11.2 Å². The van der Waals surface area contributed by atoms with Gasteiger partial charge in [0.1, 0.15) is 11.1 Å². The summed E-state index contributed by atoms with van der Waals surface area (Å²) in [6.07, 6.45) is 0. The molecule has 0 aliphatic rings. The molecule has 6 heteroatoms. The molecule has 0 radical (unpaired) electrons. The molecule has 1 N–H and O–H groups in total. The fourth-order valence-corrected chi connectivity index (χ4v) is 2.53. The van der Waals surface area contributed by atoms with Crippen LogP contribution in [-0.4, -0.2) is 25.7 Å². The number of thioether (sulfide) groups is 1. The van der Waals surface area contributed by atoms with Gasteiger partial charge in [-0.05, 0) is 18.5 Å². The fourth-order valence-electron chi connectivity index (χ4n) is 0.704. The van der Waals surface area contributed by atoms with Crippen LogP contribution in [0.25, 0.3) is 0 Å². The van der Waals surface area contributed by atoms with Gasteiger partial charge in [0, 0.05) is 5.92 Å². The number of hydrogen-bond donors (Lipinski definition) is 1. The highest BCUT2D eigenvalue weighted by molar-refractivity contribution is 8.02. The minimum Gasteiger partial charge on any atom is -0.480 e. The largest absolute Gasteiger partial charge is 0.480 e. The summed E-state index contributed by atoms with van der Waals surface area (Å²) in [6, 6.07) is 0. The highest BCUT2D eigenvalue weighted by atomic mass is 32.2. The van der Waals surface area contributed by atoms with Crippen LogP contribution in [0.1, 0.15) is 32.5 Å². The Bertz CT molecular complexity index is 325. The number of hydrogen-bond acceptors (Lipinski definition) is 5. The molecular weight excluding hydrogens is 220 g/mol. The Morgan fingerprint density at radius 1 is 1.50 bits per heavy atom. The zero-order valence-electron chi connectivity index (χ0n) is 8.22. The van der Waals surface area contributed by atoms with Crippen molar-refractivity contribution < 1.29 is 9.90 Å². The summed E-state index contributed by atoms with van der Waals surface area (Å²) in [7, 11) is 0. The van der Waals surface area contributed by atoms with E-state index in [1.807, 2.05) is 13.8 Å². The zero-order chi connectivity index (χ0) is 10.7. The van der Waals surface area contributed by atoms with Gasteiger partial charge < -0.3 is 5.11 Å². The fraction of sp³-hybridized carbons (Fsp3) is 0.625. The summed E-state index contributed by atoms with van der Waals surface area (Å²) in [5.41, 5.74) is 0. The predicted octanol–water partition coefficient (Wildman–Crippen LogP) is 2.23. The zero-order valence-corrected chi connectivity index (χ0v) is 9.85. The van der Waals surface area contributed by atoms with E-state index in [2.05, 4.69) is 9.36 Å². The standard InChI is InChI=1S/C8H12N2O2S2/c1-4(2)6-9-8(14-10-6)13-5(3)7(11)12/h4-5H,1-3H3,(H,11,12). The molecule has 0 spiro atoms. The van der Waals surface area contributed by atoms with E-state index in [-0.39, 0.29) is 0 Å². The molecule has 0 fully saturated rings. The van der Waals surface area contributed by atoms with Crippen LogP contribution >= 0.6 is 23.3 Å². The molecule has 4 nitrogen and oxygen atoms in total. The minimum absolute atomic E-state index is 0.292. The van der Waals surface area contributed by atoms with E-state index in [0.717, 1.165) is 10.2 Å². The molecule has 1 aromatic heterocycles. The molecular formula is C8H12N2O2S2. The molecule has 0 bridgehead atoms. The summed E-state index contributed by atoms with van der Waals surface area (Å²) in [5.74, 6) is 0.257. The second-order valence-corrected chi connectivity index (χ2v) is 5.51. The molecule has 0 saturated carbocycles. The SMILES string of the molecule is CC(Sc1nc(C(C)C)ns1)C(=O)O. The molecule has 1 unspecified atom stereocenters. The van der Waals surface area contributed by atoms with Crippen molar-refractivity contribution in [3.8, 4) is 0 Å². The second-order valence-electron chi connectivity index (χ2n) is 3.17. The lowest BCUT2D eigenvalue weighted by atomic mass is 10.2. The number of nitrogens with zero attached hydrogens (tertiary/aromatic N) is 2. The minimum atomic E-state index is -0.823. The quantitative estimate of drug-likeness (QED) is 0.806. The molecule has 1 heterocycles. The summed E-state index contributed by atoms with van der Waals surface area (Å²) in [6.45, 7) is 5.66. The van der Waals surface area contributed by atoms with Crippen LogP contribution in [0.15, 0.2) is 4.34 Å². The summed E-state index contributed by atoms with van der Waals surface area (Å²) < 4.78 is 4.87. The molecule has 0 saturated heterocycles. The highest BCUT2D eigenvalue weighted by Crippen LogP contribution is 2.26. The number of carbonyl (C=O) groups is 1. The number of carboxylic acid groups (broad SMARTS) is 1. The van der Waals surface area contributed by atoms with Gasteiger partial charge in [0.05, 0.1) is 0 Å². The van der Waals surface area contributed by atoms with Crippen molar-refractivity contribution in [3.05, 3.63) is 5.82 Å². The Morgan fingerprint density at radius 2 is 2.14 bits per heavy atom. The van der Waals surface area contributed by atoms with E-state index >= 15 is 0 Å². The Kier molecular flexibility index (Phi) is 3.88. The van der Waals surface area contributed by atoms with Crippen molar-refractivity contribution in [2.75, 3.05) is 0 Å². The Balaban J connectivity index is 2.64. The number of aliphatic carboxylic acids is 1. The summed E-state index contributed by atoms with van der Waals surface area (Å²) in [4.78, 5) is 14.8. The Morgan fingerprint density at radius 3 is 2.57 bits per heavy atom.